The van der Waals surface area contributed by atoms with Gasteiger partial charge in [0, 0.05) is 19.2 Å². The third kappa shape index (κ3) is 2.98. The molecule has 0 aliphatic heterocycles. The number of hydrogen-bond donors (Lipinski definition) is 0. The van der Waals surface area contributed by atoms with Gasteiger partial charge in [0.15, 0.2) is 12.4 Å². The molecule has 1 aromatic rings. The number of hydrogen-bond acceptors (Lipinski definition) is 3. The average Bonchev–Trinajstić information content (AvgIpc) is 2.26. The molecule has 0 fully saturated rings. The maximum absolute atomic E-state index is 8.41. The van der Waals surface area contributed by atoms with Crippen molar-refractivity contribution >= 4 is 34.0 Å². The molecule has 1 rings (SSSR count). The summed E-state index contributed by atoms with van der Waals surface area (Å²) in [6, 6.07) is 5.91. The van der Waals surface area contributed by atoms with Gasteiger partial charge in [0.1, 0.15) is 4.32 Å². The Morgan fingerprint density at radius 3 is 2.86 bits per heavy atom. The van der Waals surface area contributed by atoms with Gasteiger partial charge in [-0.25, -0.2) is 4.98 Å². The van der Waals surface area contributed by atoms with Crippen molar-refractivity contribution in [3.8, 4) is 6.07 Å². The Morgan fingerprint density at radius 2 is 2.29 bits per heavy atom. The minimum Gasteiger partial charge on any atom is -0.330 e. The second-order valence-electron chi connectivity index (χ2n) is 2.53. The molecule has 0 amide bonds. The maximum Gasteiger partial charge on any atom is 0.169 e. The fourth-order valence-electron chi connectivity index (χ4n) is 0.898. The number of nitriles is 1. The van der Waals surface area contributed by atoms with Crippen LogP contribution in [0.5, 0.6) is 0 Å². The summed E-state index contributed by atoms with van der Waals surface area (Å²) >= 11 is 6.52. The summed E-state index contributed by atoms with van der Waals surface area (Å²) in [6.45, 7) is 0. The number of nitrogens with one attached hydrogen (secondary N) is 1. The van der Waals surface area contributed by atoms with Crippen LogP contribution in [-0.2, 0) is 0 Å². The van der Waals surface area contributed by atoms with E-state index in [1.165, 1.54) is 11.8 Å². The molecule has 0 radical (unpaired) electrons. The highest BCUT2D eigenvalue weighted by atomic mass is 32.2. The van der Waals surface area contributed by atoms with Crippen molar-refractivity contribution in [1.82, 2.24) is 0 Å². The lowest BCUT2D eigenvalue weighted by atomic mass is 10.4. The van der Waals surface area contributed by atoms with Gasteiger partial charge in [-0.15, -0.1) is 0 Å². The fraction of sp³-hybridized carbons (Fsp3) is 0.222. The number of thiocarbonyl (C=S) groups is 1. The van der Waals surface area contributed by atoms with E-state index in [1.54, 1.807) is 0 Å². The molecule has 1 N–H and O–H groups in total. The van der Waals surface area contributed by atoms with Gasteiger partial charge in [-0.2, -0.15) is 5.26 Å². The number of aromatic amines is 1. The highest BCUT2D eigenvalue weighted by Crippen LogP contribution is 2.15. The lowest BCUT2D eigenvalue weighted by Gasteiger charge is -2.17. The van der Waals surface area contributed by atoms with Crippen LogP contribution in [0.4, 0.5) is 5.69 Å². The zero-order valence-corrected chi connectivity index (χ0v) is 9.36. The van der Waals surface area contributed by atoms with E-state index in [9.17, 15) is 0 Å². The van der Waals surface area contributed by atoms with Gasteiger partial charge in [-0.05, 0) is 0 Å². The Bertz CT molecular complexity index is 345. The lowest BCUT2D eigenvalue weighted by Crippen LogP contribution is -2.22. The Labute approximate surface area is 92.7 Å². The molecule has 0 aromatic carbocycles. The molecule has 1 aromatic heterocycles. The molecule has 0 spiro atoms. The van der Waals surface area contributed by atoms with Gasteiger partial charge < -0.3 is 4.90 Å². The van der Waals surface area contributed by atoms with Crippen molar-refractivity contribution in [2.24, 2.45) is 0 Å². The summed E-state index contributed by atoms with van der Waals surface area (Å²) in [4.78, 5) is 4.82. The summed E-state index contributed by atoms with van der Waals surface area (Å²) in [7, 11) is 1.89. The van der Waals surface area contributed by atoms with Crippen LogP contribution in [0, 0.1) is 11.3 Å². The summed E-state index contributed by atoms with van der Waals surface area (Å²) < 4.78 is 0.706. The van der Waals surface area contributed by atoms with E-state index in [-0.39, 0.29) is 0 Å². The fourth-order valence-corrected chi connectivity index (χ4v) is 1.67. The van der Waals surface area contributed by atoms with Gasteiger partial charge in [0.2, 0.25) is 0 Å². The molecule has 1 heterocycles. The first kappa shape index (κ1) is 11.0. The molecule has 14 heavy (non-hydrogen) atoms. The van der Waals surface area contributed by atoms with E-state index in [4.69, 9.17) is 17.5 Å². The summed E-state index contributed by atoms with van der Waals surface area (Å²) in [5.74, 6) is 0.391. The predicted octanol–water partition coefficient (Wildman–Crippen LogP) is 1.48. The van der Waals surface area contributed by atoms with Crippen molar-refractivity contribution in [3.05, 3.63) is 24.5 Å². The quantitative estimate of drug-likeness (QED) is 0.714. The molecular formula is C9H10N3S2+. The molecular weight excluding hydrogens is 214 g/mol. The van der Waals surface area contributed by atoms with Crippen molar-refractivity contribution < 1.29 is 4.98 Å². The predicted molar refractivity (Wildman–Crippen MR) is 62.1 cm³/mol. The molecule has 0 aliphatic rings. The van der Waals surface area contributed by atoms with Gasteiger partial charge >= 0.3 is 0 Å². The van der Waals surface area contributed by atoms with Crippen LogP contribution in [0.3, 0.4) is 0 Å². The highest BCUT2D eigenvalue weighted by molar-refractivity contribution is 8.23. The SMILES string of the molecule is CN(C(=S)SCC#N)c1cc[nH+]cc1. The Kier molecular flexibility index (Phi) is 4.36. The first-order valence-electron chi connectivity index (χ1n) is 3.99. The molecule has 72 valence electrons. The number of H-pyrrole nitrogens is 1. The zero-order valence-electron chi connectivity index (χ0n) is 7.73. The standard InChI is InChI=1S/C9H9N3S2/c1-12(9(13)14-7-4-10)8-2-5-11-6-3-8/h2-3,5-6H,7H2,1H3/p+1. The van der Waals surface area contributed by atoms with Gasteiger partial charge in [0.25, 0.3) is 0 Å². The third-order valence-electron chi connectivity index (χ3n) is 1.62. The van der Waals surface area contributed by atoms with E-state index in [0.29, 0.717) is 10.1 Å². The summed E-state index contributed by atoms with van der Waals surface area (Å²) in [5.41, 5.74) is 1.01. The number of pyridine rings is 1. The second kappa shape index (κ2) is 5.58. The number of rotatable bonds is 2. The zero-order chi connectivity index (χ0) is 10.4. The molecule has 0 atom stereocenters. The molecule has 0 saturated carbocycles. The van der Waals surface area contributed by atoms with Crippen molar-refractivity contribution in [2.45, 2.75) is 0 Å². The minimum absolute atomic E-state index is 0.391. The van der Waals surface area contributed by atoms with Crippen LogP contribution in [0.15, 0.2) is 24.5 Å². The Balaban J connectivity index is 2.62. The van der Waals surface area contributed by atoms with E-state index in [0.717, 1.165) is 5.69 Å². The monoisotopic (exact) mass is 224 g/mol. The first-order chi connectivity index (χ1) is 6.75. The van der Waals surface area contributed by atoms with Crippen molar-refractivity contribution in [1.29, 1.82) is 5.26 Å². The lowest BCUT2D eigenvalue weighted by molar-refractivity contribution is -0.377. The smallest absolute Gasteiger partial charge is 0.169 e. The Morgan fingerprint density at radius 1 is 1.64 bits per heavy atom. The summed E-state index contributed by atoms with van der Waals surface area (Å²) in [6.07, 6.45) is 3.67. The third-order valence-corrected chi connectivity index (χ3v) is 3.04. The van der Waals surface area contributed by atoms with Gasteiger partial charge in [-0.3, -0.25) is 0 Å². The van der Waals surface area contributed by atoms with Crippen LogP contribution in [0.2, 0.25) is 0 Å². The number of anilines is 1. The molecule has 0 unspecified atom stereocenters. The minimum atomic E-state index is 0.391. The largest absolute Gasteiger partial charge is 0.330 e. The molecule has 0 saturated heterocycles. The topological polar surface area (TPSA) is 41.2 Å². The van der Waals surface area contributed by atoms with E-state index >= 15 is 0 Å². The van der Waals surface area contributed by atoms with Crippen LogP contribution in [0.1, 0.15) is 0 Å². The molecule has 3 nitrogen and oxygen atoms in total. The number of thioether (sulfide) groups is 1. The van der Waals surface area contributed by atoms with Crippen molar-refractivity contribution in [3.63, 3.8) is 0 Å². The molecule has 5 heteroatoms. The van der Waals surface area contributed by atoms with Gasteiger partial charge in [0.05, 0.1) is 17.5 Å². The van der Waals surface area contributed by atoms with Crippen LogP contribution >= 0.6 is 24.0 Å². The molecule has 0 bridgehead atoms. The number of nitrogens with zero attached hydrogens (tertiary/aromatic N) is 2. The van der Waals surface area contributed by atoms with Crippen LogP contribution in [0.25, 0.3) is 0 Å². The van der Waals surface area contributed by atoms with Gasteiger partial charge in [-0.1, -0.05) is 24.0 Å². The molecule has 0 aliphatic carbocycles. The van der Waals surface area contributed by atoms with E-state index in [1.807, 2.05) is 42.5 Å². The Hall–Kier alpha value is -1.12. The maximum atomic E-state index is 8.41. The van der Waals surface area contributed by atoms with E-state index in [2.05, 4.69) is 4.98 Å². The highest BCUT2D eigenvalue weighted by Gasteiger charge is 2.07. The first-order valence-corrected chi connectivity index (χ1v) is 5.38. The van der Waals surface area contributed by atoms with Crippen molar-refractivity contribution in [2.75, 3.05) is 17.7 Å². The second-order valence-corrected chi connectivity index (χ2v) is 4.14. The average molecular weight is 224 g/mol. The van der Waals surface area contributed by atoms with Crippen LogP contribution < -0.4 is 9.88 Å². The number of aromatic nitrogens is 1. The summed E-state index contributed by atoms with van der Waals surface area (Å²) in [5, 5.41) is 8.41. The normalized spacial score (nSPS) is 9.14. The van der Waals surface area contributed by atoms with E-state index < -0.39 is 0 Å². The van der Waals surface area contributed by atoms with Crippen LogP contribution in [-0.4, -0.2) is 17.1 Å².